The van der Waals surface area contributed by atoms with Gasteiger partial charge in [0.05, 0.1) is 20.9 Å². The lowest BCUT2D eigenvalue weighted by Crippen LogP contribution is -2.02. The minimum absolute atomic E-state index is 0.663. The topological polar surface area (TPSA) is 50.7 Å². The lowest BCUT2D eigenvalue weighted by molar-refractivity contribution is 0.994. The van der Waals surface area contributed by atoms with E-state index in [-0.39, 0.29) is 0 Å². The van der Waals surface area contributed by atoms with Crippen molar-refractivity contribution in [3.63, 3.8) is 0 Å². The monoisotopic (exact) mass is 270 g/mol. The molecule has 3 rings (SSSR count). The Bertz CT molecular complexity index is 687. The maximum Gasteiger partial charge on any atom is 0.222 e. The van der Waals surface area contributed by atoms with Gasteiger partial charge >= 0.3 is 0 Å². The molecule has 0 saturated carbocycles. The van der Waals surface area contributed by atoms with Gasteiger partial charge < -0.3 is 5.32 Å². The molecule has 0 bridgehead atoms. The molecule has 0 aliphatic heterocycles. The second kappa shape index (κ2) is 4.93. The molecule has 3 aromatic rings. The Morgan fingerprint density at radius 3 is 2.79 bits per heavy atom. The maximum absolute atomic E-state index is 4.63. The van der Waals surface area contributed by atoms with E-state index in [4.69, 9.17) is 0 Å². The molecule has 0 fully saturated rings. The molecule has 2 aromatic heterocycles. The second-order valence-electron chi connectivity index (χ2n) is 4.33. The van der Waals surface area contributed by atoms with E-state index >= 15 is 0 Å². The van der Waals surface area contributed by atoms with Crippen molar-refractivity contribution >= 4 is 27.5 Å². The molecule has 0 saturated heterocycles. The normalized spacial score (nSPS) is 10.8. The molecule has 2 heterocycles. The van der Waals surface area contributed by atoms with Crippen molar-refractivity contribution in [1.29, 1.82) is 0 Å². The fourth-order valence-electron chi connectivity index (χ4n) is 1.99. The zero-order valence-corrected chi connectivity index (χ0v) is 11.7. The maximum atomic E-state index is 4.63. The summed E-state index contributed by atoms with van der Waals surface area (Å²) in [6, 6.07) is 10.2. The van der Waals surface area contributed by atoms with Gasteiger partial charge in [-0.05, 0) is 25.1 Å². The predicted octanol–water partition coefficient (Wildman–Crippen LogP) is 3.03. The Labute approximate surface area is 115 Å². The highest BCUT2D eigenvalue weighted by atomic mass is 32.1. The van der Waals surface area contributed by atoms with Crippen LogP contribution >= 0.6 is 11.3 Å². The highest BCUT2D eigenvalue weighted by Crippen LogP contribution is 2.23. The molecule has 1 aromatic carbocycles. The minimum Gasteiger partial charge on any atom is -0.357 e. The SMILES string of the molecule is CNc1nc(C)cc(Cc2nc3ccccc3s2)n1. The Hall–Kier alpha value is -2.01. The van der Waals surface area contributed by atoms with Crippen molar-refractivity contribution in [2.75, 3.05) is 12.4 Å². The summed E-state index contributed by atoms with van der Waals surface area (Å²) in [5.41, 5.74) is 3.02. The Balaban J connectivity index is 1.94. The van der Waals surface area contributed by atoms with E-state index in [0.29, 0.717) is 5.95 Å². The quantitative estimate of drug-likeness (QED) is 0.795. The lowest BCUT2D eigenvalue weighted by atomic mass is 10.2. The highest BCUT2D eigenvalue weighted by molar-refractivity contribution is 7.18. The van der Waals surface area contributed by atoms with Gasteiger partial charge in [-0.15, -0.1) is 11.3 Å². The third kappa shape index (κ3) is 2.56. The van der Waals surface area contributed by atoms with Crippen LogP contribution in [-0.4, -0.2) is 22.0 Å². The van der Waals surface area contributed by atoms with Gasteiger partial charge in [0.15, 0.2) is 0 Å². The summed E-state index contributed by atoms with van der Waals surface area (Å²) in [6.45, 7) is 1.98. The number of hydrogen-bond acceptors (Lipinski definition) is 5. The number of nitrogens with one attached hydrogen (secondary N) is 1. The van der Waals surface area contributed by atoms with Gasteiger partial charge in [-0.25, -0.2) is 15.0 Å². The summed E-state index contributed by atoms with van der Waals surface area (Å²) >= 11 is 1.72. The van der Waals surface area contributed by atoms with Crippen LogP contribution in [0.1, 0.15) is 16.4 Å². The molecule has 0 aliphatic carbocycles. The van der Waals surface area contributed by atoms with E-state index in [9.17, 15) is 0 Å². The zero-order chi connectivity index (χ0) is 13.2. The molecule has 0 radical (unpaired) electrons. The Morgan fingerprint density at radius 2 is 2.00 bits per heavy atom. The summed E-state index contributed by atoms with van der Waals surface area (Å²) < 4.78 is 1.22. The number of benzene rings is 1. The summed E-state index contributed by atoms with van der Waals surface area (Å²) in [6.07, 6.45) is 0.747. The molecular weight excluding hydrogens is 256 g/mol. The highest BCUT2D eigenvalue weighted by Gasteiger charge is 2.07. The first-order valence-electron chi connectivity index (χ1n) is 6.11. The molecule has 96 valence electrons. The Kier molecular flexibility index (Phi) is 3.13. The van der Waals surface area contributed by atoms with Crippen LogP contribution in [0, 0.1) is 6.92 Å². The number of aryl methyl sites for hydroxylation is 1. The first-order valence-corrected chi connectivity index (χ1v) is 6.93. The van der Waals surface area contributed by atoms with Crippen molar-refractivity contribution in [2.24, 2.45) is 0 Å². The third-order valence-corrected chi connectivity index (χ3v) is 3.84. The molecular formula is C14H14N4S. The molecule has 0 aliphatic rings. The summed E-state index contributed by atoms with van der Waals surface area (Å²) in [5.74, 6) is 0.663. The van der Waals surface area contributed by atoms with Gasteiger partial charge in [0.1, 0.15) is 0 Å². The molecule has 0 unspecified atom stereocenters. The molecule has 1 N–H and O–H groups in total. The van der Waals surface area contributed by atoms with Crippen molar-refractivity contribution in [3.05, 3.63) is 46.7 Å². The van der Waals surface area contributed by atoms with Crippen LogP contribution < -0.4 is 5.32 Å². The van der Waals surface area contributed by atoms with Gasteiger partial charge in [-0.2, -0.15) is 0 Å². The predicted molar refractivity (Wildman–Crippen MR) is 78.7 cm³/mol. The summed E-state index contributed by atoms with van der Waals surface area (Å²) in [5, 5.41) is 4.07. The number of para-hydroxylation sites is 1. The fourth-order valence-corrected chi connectivity index (χ4v) is 2.97. The van der Waals surface area contributed by atoms with E-state index in [1.165, 1.54) is 4.70 Å². The molecule has 19 heavy (non-hydrogen) atoms. The van der Waals surface area contributed by atoms with Crippen LogP contribution in [0.2, 0.25) is 0 Å². The number of nitrogens with zero attached hydrogens (tertiary/aromatic N) is 3. The average molecular weight is 270 g/mol. The summed E-state index contributed by atoms with van der Waals surface area (Å²) in [4.78, 5) is 13.4. The summed E-state index contributed by atoms with van der Waals surface area (Å²) in [7, 11) is 1.83. The number of aromatic nitrogens is 3. The van der Waals surface area contributed by atoms with Gasteiger partial charge in [-0.3, -0.25) is 0 Å². The smallest absolute Gasteiger partial charge is 0.222 e. The van der Waals surface area contributed by atoms with E-state index < -0.39 is 0 Å². The number of thiazole rings is 1. The molecule has 0 spiro atoms. The van der Waals surface area contributed by atoms with Crippen molar-refractivity contribution in [3.8, 4) is 0 Å². The van der Waals surface area contributed by atoms with Crippen LogP contribution in [0.5, 0.6) is 0 Å². The van der Waals surface area contributed by atoms with Crippen LogP contribution in [0.3, 0.4) is 0 Å². The van der Waals surface area contributed by atoms with Gasteiger partial charge in [0, 0.05) is 19.2 Å². The number of rotatable bonds is 3. The van der Waals surface area contributed by atoms with Crippen LogP contribution in [0.15, 0.2) is 30.3 Å². The molecule has 5 heteroatoms. The second-order valence-corrected chi connectivity index (χ2v) is 5.44. The van der Waals surface area contributed by atoms with Crippen molar-refractivity contribution < 1.29 is 0 Å². The molecule has 0 atom stereocenters. The third-order valence-electron chi connectivity index (χ3n) is 2.80. The van der Waals surface area contributed by atoms with E-state index in [2.05, 4.69) is 26.3 Å². The molecule has 4 nitrogen and oxygen atoms in total. The van der Waals surface area contributed by atoms with Crippen LogP contribution in [0.25, 0.3) is 10.2 Å². The van der Waals surface area contributed by atoms with E-state index in [1.54, 1.807) is 11.3 Å². The first-order chi connectivity index (χ1) is 9.24. The largest absolute Gasteiger partial charge is 0.357 e. The zero-order valence-electron chi connectivity index (χ0n) is 10.8. The van der Waals surface area contributed by atoms with Crippen LogP contribution in [0.4, 0.5) is 5.95 Å². The lowest BCUT2D eigenvalue weighted by Gasteiger charge is -2.03. The Morgan fingerprint density at radius 1 is 1.16 bits per heavy atom. The van der Waals surface area contributed by atoms with E-state index in [1.807, 2.05) is 38.2 Å². The van der Waals surface area contributed by atoms with Gasteiger partial charge in [-0.1, -0.05) is 12.1 Å². The van der Waals surface area contributed by atoms with Gasteiger partial charge in [0.25, 0.3) is 0 Å². The minimum atomic E-state index is 0.663. The van der Waals surface area contributed by atoms with Crippen molar-refractivity contribution in [1.82, 2.24) is 15.0 Å². The molecule has 0 amide bonds. The first kappa shape index (κ1) is 12.0. The average Bonchev–Trinajstić information content (AvgIpc) is 2.80. The standard InChI is InChI=1S/C14H14N4S/c1-9-7-10(17-14(15-2)16-9)8-13-18-11-5-3-4-6-12(11)19-13/h3-7H,8H2,1-2H3,(H,15,16,17). The number of fused-ring (bicyclic) bond motifs is 1. The fraction of sp³-hybridized carbons (Fsp3) is 0.214. The van der Waals surface area contributed by atoms with Crippen molar-refractivity contribution in [2.45, 2.75) is 13.3 Å². The van der Waals surface area contributed by atoms with Crippen LogP contribution in [-0.2, 0) is 6.42 Å². The van der Waals surface area contributed by atoms with Gasteiger partial charge in [0.2, 0.25) is 5.95 Å². The van der Waals surface area contributed by atoms with E-state index in [0.717, 1.165) is 28.3 Å². The number of hydrogen-bond donors (Lipinski definition) is 1. The number of anilines is 1.